The summed E-state index contributed by atoms with van der Waals surface area (Å²) in [5, 5.41) is 10.2. The number of alkyl halides is 5. The normalized spacial score (nSPS) is 25.1. The molecule has 3 fully saturated rings. The summed E-state index contributed by atoms with van der Waals surface area (Å²) in [4.78, 5) is 29.7. The Bertz CT molecular complexity index is 1180. The van der Waals surface area contributed by atoms with E-state index in [0.29, 0.717) is 22.8 Å². The molecule has 3 aliphatic rings. The zero-order chi connectivity index (χ0) is 27.2. The lowest BCUT2D eigenvalue weighted by Gasteiger charge is -2.33. The second-order valence-electron chi connectivity index (χ2n) is 11.3. The predicted octanol–water partition coefficient (Wildman–Crippen LogP) is 5.28. The van der Waals surface area contributed by atoms with Crippen molar-refractivity contribution >= 4 is 17.5 Å². The van der Waals surface area contributed by atoms with Crippen molar-refractivity contribution in [1.82, 2.24) is 25.2 Å². The van der Waals surface area contributed by atoms with Crippen molar-refractivity contribution in [2.45, 2.75) is 88.9 Å². The number of carbonyl (C=O) groups excluding carboxylic acids is 2. The van der Waals surface area contributed by atoms with Crippen LogP contribution in [0.1, 0.15) is 88.1 Å². The van der Waals surface area contributed by atoms with Crippen molar-refractivity contribution in [3.63, 3.8) is 0 Å². The molecule has 3 aliphatic carbocycles. The molecule has 0 saturated heterocycles. The van der Waals surface area contributed by atoms with Gasteiger partial charge in [0.2, 0.25) is 17.7 Å². The molecule has 0 spiro atoms. The van der Waals surface area contributed by atoms with Gasteiger partial charge in [0, 0.05) is 25.2 Å². The van der Waals surface area contributed by atoms with E-state index in [1.165, 1.54) is 4.52 Å². The molecule has 3 saturated carbocycles. The van der Waals surface area contributed by atoms with Gasteiger partial charge in [0.25, 0.3) is 0 Å². The molecule has 0 radical (unpaired) electrons. The number of aromatic nitrogens is 3. The van der Waals surface area contributed by atoms with Crippen LogP contribution < -0.4 is 10.6 Å². The maximum Gasteiger partial charge on any atom is 0.389 e. The van der Waals surface area contributed by atoms with Gasteiger partial charge >= 0.3 is 6.18 Å². The average Bonchev–Trinajstić information content (AvgIpc) is 3.77. The van der Waals surface area contributed by atoms with Crippen LogP contribution in [0.25, 0.3) is 5.65 Å². The van der Waals surface area contributed by atoms with Crippen LogP contribution in [0.3, 0.4) is 0 Å². The summed E-state index contributed by atoms with van der Waals surface area (Å²) in [6, 6.07) is 0.735. The van der Waals surface area contributed by atoms with E-state index in [9.17, 15) is 31.5 Å². The number of hydrogen-bond donors (Lipinski definition) is 2. The Hall–Kier alpha value is -2.79. The molecular weight excluding hydrogens is 509 g/mol. The Kier molecular flexibility index (Phi) is 7.10. The summed E-state index contributed by atoms with van der Waals surface area (Å²) >= 11 is 0. The molecule has 2 N–H and O–H groups in total. The number of nitrogens with one attached hydrogen (secondary N) is 2. The maximum absolute atomic E-state index is 13.8. The van der Waals surface area contributed by atoms with Gasteiger partial charge in [0.15, 0.2) is 5.65 Å². The molecule has 5 rings (SSSR count). The molecule has 0 bridgehead atoms. The van der Waals surface area contributed by atoms with Crippen molar-refractivity contribution in [3.8, 4) is 0 Å². The second kappa shape index (κ2) is 10.1. The molecule has 12 heteroatoms. The molecule has 208 valence electrons. The van der Waals surface area contributed by atoms with E-state index in [1.807, 2.05) is 6.92 Å². The molecule has 1 unspecified atom stereocenters. The zero-order valence-corrected chi connectivity index (χ0v) is 21.1. The smallest absolute Gasteiger partial charge is 0.349 e. The Morgan fingerprint density at radius 2 is 1.76 bits per heavy atom. The molecule has 38 heavy (non-hydrogen) atoms. The van der Waals surface area contributed by atoms with Crippen molar-refractivity contribution < 1.29 is 31.5 Å². The third kappa shape index (κ3) is 6.43. The quantitative estimate of drug-likeness (QED) is 0.423. The first kappa shape index (κ1) is 26.8. The molecular formula is C26H32F5N5O2. The number of amides is 2. The van der Waals surface area contributed by atoms with Crippen molar-refractivity contribution in [1.29, 1.82) is 0 Å². The van der Waals surface area contributed by atoms with Gasteiger partial charge in [-0.05, 0) is 61.5 Å². The van der Waals surface area contributed by atoms with Gasteiger partial charge in [0.1, 0.15) is 0 Å². The van der Waals surface area contributed by atoms with Crippen LogP contribution in [0.4, 0.5) is 22.0 Å². The monoisotopic (exact) mass is 541 g/mol. The van der Waals surface area contributed by atoms with Crippen LogP contribution in [-0.2, 0) is 9.59 Å². The third-order valence-corrected chi connectivity index (χ3v) is 8.06. The molecule has 2 aromatic rings. The lowest BCUT2D eigenvalue weighted by Crippen LogP contribution is -2.38. The van der Waals surface area contributed by atoms with E-state index in [2.05, 4.69) is 20.7 Å². The SMILES string of the molecule is C[C@@H]1C[C@@H]1C(=O)N[C@H](c1cn2ncc(C(NC(=O)CCC(F)(F)F)C3CC3)cc2n1)C1CCC(F)(F)CC1. The fourth-order valence-corrected chi connectivity index (χ4v) is 5.41. The number of hydrogen-bond acceptors (Lipinski definition) is 4. The fraction of sp³-hybridized carbons (Fsp3) is 0.692. The van der Waals surface area contributed by atoms with Gasteiger partial charge in [0.05, 0.1) is 36.6 Å². The highest BCUT2D eigenvalue weighted by Crippen LogP contribution is 2.44. The van der Waals surface area contributed by atoms with E-state index >= 15 is 0 Å². The van der Waals surface area contributed by atoms with Crippen LogP contribution in [-0.4, -0.2) is 38.5 Å². The summed E-state index contributed by atoms with van der Waals surface area (Å²) in [5.41, 5.74) is 1.62. The van der Waals surface area contributed by atoms with Crippen molar-refractivity contribution in [2.24, 2.45) is 23.7 Å². The van der Waals surface area contributed by atoms with Crippen LogP contribution in [0, 0.1) is 23.7 Å². The van der Waals surface area contributed by atoms with E-state index in [1.54, 1.807) is 18.5 Å². The molecule has 7 nitrogen and oxygen atoms in total. The topological polar surface area (TPSA) is 88.4 Å². The fourth-order valence-electron chi connectivity index (χ4n) is 5.41. The standard InChI is InChI=1S/C26H32F5N5O2/c1-14-10-18(14)24(38)35-23(16-4-7-25(27,28)8-5-16)19-13-36-20(33-19)11-17(12-32-36)22(15-2-3-15)34-21(37)6-9-26(29,30)31/h11-16,18,22-23H,2-10H2,1H3,(H,34,37)(H,35,38)/t14-,18+,22?,23+/m1/s1. The molecule has 4 atom stereocenters. The van der Waals surface area contributed by atoms with Gasteiger partial charge in [-0.1, -0.05) is 6.92 Å². The number of fused-ring (bicyclic) bond motifs is 1. The second-order valence-corrected chi connectivity index (χ2v) is 11.3. The van der Waals surface area contributed by atoms with Gasteiger partial charge in [-0.15, -0.1) is 0 Å². The third-order valence-electron chi connectivity index (χ3n) is 8.06. The Morgan fingerprint density at radius 1 is 1.11 bits per heavy atom. The minimum absolute atomic E-state index is 0.0791. The molecule has 0 aliphatic heterocycles. The lowest BCUT2D eigenvalue weighted by molar-refractivity contribution is -0.144. The van der Waals surface area contributed by atoms with E-state index in [-0.39, 0.29) is 49.3 Å². The summed E-state index contributed by atoms with van der Waals surface area (Å²) in [7, 11) is 0. The highest BCUT2D eigenvalue weighted by molar-refractivity contribution is 5.81. The summed E-state index contributed by atoms with van der Waals surface area (Å²) in [6.45, 7) is 2.00. The number of carbonyl (C=O) groups is 2. The molecule has 2 amide bonds. The molecule has 0 aromatic carbocycles. The van der Waals surface area contributed by atoms with Crippen molar-refractivity contribution in [2.75, 3.05) is 0 Å². The number of rotatable bonds is 9. The van der Waals surface area contributed by atoms with Crippen LogP contribution in [0.5, 0.6) is 0 Å². The first-order chi connectivity index (χ1) is 17.9. The van der Waals surface area contributed by atoms with E-state index in [0.717, 1.165) is 19.3 Å². The van der Waals surface area contributed by atoms with Crippen LogP contribution >= 0.6 is 0 Å². The summed E-state index contributed by atoms with van der Waals surface area (Å²) in [6.07, 6.45) is -0.457. The van der Waals surface area contributed by atoms with Crippen LogP contribution in [0.15, 0.2) is 18.5 Å². The maximum atomic E-state index is 13.8. The van der Waals surface area contributed by atoms with Gasteiger partial charge in [-0.3, -0.25) is 9.59 Å². The Morgan fingerprint density at radius 3 is 2.37 bits per heavy atom. The largest absolute Gasteiger partial charge is 0.389 e. The average molecular weight is 542 g/mol. The number of imidazole rings is 1. The summed E-state index contributed by atoms with van der Waals surface area (Å²) in [5.74, 6) is -3.33. The molecule has 2 heterocycles. The number of halogens is 5. The minimum atomic E-state index is -4.41. The lowest BCUT2D eigenvalue weighted by atomic mass is 9.81. The van der Waals surface area contributed by atoms with E-state index < -0.39 is 42.9 Å². The number of nitrogens with zero attached hydrogens (tertiary/aromatic N) is 3. The van der Waals surface area contributed by atoms with Gasteiger partial charge in [-0.2, -0.15) is 18.3 Å². The van der Waals surface area contributed by atoms with Gasteiger partial charge < -0.3 is 10.6 Å². The van der Waals surface area contributed by atoms with E-state index in [4.69, 9.17) is 0 Å². The molecule has 2 aromatic heterocycles. The minimum Gasteiger partial charge on any atom is -0.349 e. The predicted molar refractivity (Wildman–Crippen MR) is 127 cm³/mol. The van der Waals surface area contributed by atoms with Crippen molar-refractivity contribution in [3.05, 3.63) is 29.7 Å². The first-order valence-electron chi connectivity index (χ1n) is 13.3. The zero-order valence-electron chi connectivity index (χ0n) is 21.1. The van der Waals surface area contributed by atoms with Gasteiger partial charge in [-0.25, -0.2) is 18.3 Å². The first-order valence-corrected chi connectivity index (χ1v) is 13.3. The highest BCUT2D eigenvalue weighted by atomic mass is 19.4. The van der Waals surface area contributed by atoms with Crippen LogP contribution in [0.2, 0.25) is 0 Å². The summed E-state index contributed by atoms with van der Waals surface area (Å²) < 4.78 is 66.9. The Labute approximate surface area is 216 Å². The Balaban J connectivity index is 1.36. The highest BCUT2D eigenvalue weighted by Gasteiger charge is 2.43.